The Morgan fingerprint density at radius 3 is 1.55 bits per heavy atom. The lowest BCUT2D eigenvalue weighted by Gasteiger charge is -2.28. The van der Waals surface area contributed by atoms with E-state index < -0.39 is 0 Å². The van der Waals surface area contributed by atoms with Gasteiger partial charge in [-0.15, -0.1) is 0 Å². The number of para-hydroxylation sites is 1. The Labute approximate surface area is 391 Å². The third-order valence-electron chi connectivity index (χ3n) is 14.4. The Hall–Kier alpha value is -8.46. The minimum Gasteiger partial charge on any atom is -0.310 e. The maximum atomic E-state index is 2.43. The molecule has 0 unspecified atom stereocenters. The molecule has 0 bridgehead atoms. The van der Waals surface area contributed by atoms with E-state index in [1.54, 1.807) is 0 Å². The van der Waals surface area contributed by atoms with Crippen molar-refractivity contribution in [2.75, 3.05) is 4.90 Å². The maximum Gasteiger partial charge on any atom is 0.0541 e. The largest absolute Gasteiger partial charge is 0.310 e. The molecule has 0 saturated carbocycles. The van der Waals surface area contributed by atoms with Crippen LogP contribution >= 0.6 is 0 Å². The van der Waals surface area contributed by atoms with Gasteiger partial charge in [-0.3, -0.25) is 0 Å². The average molecular weight is 855 g/mol. The van der Waals surface area contributed by atoms with Crippen molar-refractivity contribution in [3.63, 3.8) is 0 Å². The molecule has 12 aromatic rings. The van der Waals surface area contributed by atoms with E-state index in [9.17, 15) is 0 Å². The van der Waals surface area contributed by atoms with Crippen LogP contribution in [0, 0.1) is 0 Å². The van der Waals surface area contributed by atoms with Gasteiger partial charge >= 0.3 is 0 Å². The second-order valence-electron chi connectivity index (χ2n) is 18.5. The molecule has 0 radical (unpaired) electrons. The highest BCUT2D eigenvalue weighted by molar-refractivity contribution is 6.12. The number of rotatable bonds is 7. The van der Waals surface area contributed by atoms with Crippen LogP contribution < -0.4 is 4.90 Å². The molecule has 0 spiro atoms. The summed E-state index contributed by atoms with van der Waals surface area (Å²) in [4.78, 5) is 2.41. The van der Waals surface area contributed by atoms with Crippen LogP contribution in [-0.2, 0) is 5.41 Å². The smallest absolute Gasteiger partial charge is 0.0541 e. The number of hydrogen-bond donors (Lipinski definition) is 0. The normalized spacial score (nSPS) is 12.7. The van der Waals surface area contributed by atoms with Crippen molar-refractivity contribution in [3.8, 4) is 50.2 Å². The molecular formula is C65H46N2. The Balaban J connectivity index is 0.848. The first kappa shape index (κ1) is 39.0. The van der Waals surface area contributed by atoms with Crippen molar-refractivity contribution >= 4 is 60.4 Å². The van der Waals surface area contributed by atoms with E-state index >= 15 is 0 Å². The SMILES string of the molecule is CC1(C)c2ccccc2-c2ccc(N(c3ccc(-c4ccc(-c5ccc6c(c5)c5ccccc5n6-c5cccc6ccccc56)cc4)cc3)c3ccc(-c4cccc5ccccc45)cc3)cc21. The van der Waals surface area contributed by atoms with Gasteiger partial charge in [0.15, 0.2) is 0 Å². The van der Waals surface area contributed by atoms with E-state index in [4.69, 9.17) is 0 Å². The Bertz CT molecular complexity index is 3860. The fourth-order valence-electron chi connectivity index (χ4n) is 11.0. The molecule has 11 aromatic carbocycles. The molecule has 1 heterocycles. The van der Waals surface area contributed by atoms with Crippen LogP contribution in [0.3, 0.4) is 0 Å². The van der Waals surface area contributed by atoms with E-state index in [1.165, 1.54) is 105 Å². The molecule has 0 amide bonds. The third kappa shape index (κ3) is 6.32. The summed E-state index contributed by atoms with van der Waals surface area (Å²) in [6.07, 6.45) is 0. The van der Waals surface area contributed by atoms with Crippen molar-refractivity contribution in [3.05, 3.63) is 254 Å². The molecule has 316 valence electrons. The van der Waals surface area contributed by atoms with E-state index in [0.717, 1.165) is 17.1 Å². The van der Waals surface area contributed by atoms with E-state index in [0.29, 0.717) is 0 Å². The Morgan fingerprint density at radius 2 is 0.806 bits per heavy atom. The lowest BCUT2D eigenvalue weighted by atomic mass is 9.82. The molecule has 1 aromatic heterocycles. The molecule has 1 aliphatic rings. The van der Waals surface area contributed by atoms with Crippen LogP contribution in [0.25, 0.3) is 93.5 Å². The maximum absolute atomic E-state index is 2.43. The number of aromatic nitrogens is 1. The average Bonchev–Trinajstić information content (AvgIpc) is 3.84. The van der Waals surface area contributed by atoms with E-state index in [1.807, 2.05) is 0 Å². The number of fused-ring (bicyclic) bond motifs is 8. The molecule has 2 heteroatoms. The summed E-state index contributed by atoms with van der Waals surface area (Å²) in [7, 11) is 0. The van der Waals surface area contributed by atoms with Gasteiger partial charge in [0.1, 0.15) is 0 Å². The summed E-state index contributed by atoms with van der Waals surface area (Å²) < 4.78 is 2.43. The van der Waals surface area contributed by atoms with Gasteiger partial charge in [0.25, 0.3) is 0 Å². The topological polar surface area (TPSA) is 8.17 Å². The molecule has 0 N–H and O–H groups in total. The Kier molecular flexibility index (Phi) is 8.91. The summed E-state index contributed by atoms with van der Waals surface area (Å²) in [5.41, 5.74) is 19.5. The molecule has 0 saturated heterocycles. The van der Waals surface area contributed by atoms with Gasteiger partial charge in [-0.1, -0.05) is 196 Å². The Morgan fingerprint density at radius 1 is 0.313 bits per heavy atom. The van der Waals surface area contributed by atoms with E-state index in [-0.39, 0.29) is 5.41 Å². The first-order chi connectivity index (χ1) is 33.0. The summed E-state index contributed by atoms with van der Waals surface area (Å²) in [5, 5.41) is 7.52. The molecule has 0 fully saturated rings. The third-order valence-corrected chi connectivity index (χ3v) is 14.4. The molecule has 2 nitrogen and oxygen atoms in total. The number of benzene rings is 11. The molecule has 67 heavy (non-hydrogen) atoms. The minimum absolute atomic E-state index is 0.107. The minimum atomic E-state index is -0.107. The highest BCUT2D eigenvalue weighted by Gasteiger charge is 2.35. The van der Waals surface area contributed by atoms with Gasteiger partial charge < -0.3 is 9.47 Å². The summed E-state index contributed by atoms with van der Waals surface area (Å²) in [6, 6.07) is 89.3. The molecular weight excluding hydrogens is 809 g/mol. The lowest BCUT2D eigenvalue weighted by Crippen LogP contribution is -2.16. The number of nitrogens with zero attached hydrogens (tertiary/aromatic N) is 2. The van der Waals surface area contributed by atoms with Gasteiger partial charge in [0.05, 0.1) is 16.7 Å². The number of hydrogen-bond acceptors (Lipinski definition) is 1. The molecule has 0 atom stereocenters. The quantitative estimate of drug-likeness (QED) is 0.155. The van der Waals surface area contributed by atoms with Gasteiger partial charge in [-0.2, -0.15) is 0 Å². The highest BCUT2D eigenvalue weighted by atomic mass is 15.1. The second kappa shape index (κ2) is 15.3. The highest BCUT2D eigenvalue weighted by Crippen LogP contribution is 2.51. The van der Waals surface area contributed by atoms with Crippen molar-refractivity contribution in [1.29, 1.82) is 0 Å². The van der Waals surface area contributed by atoms with Crippen LogP contribution in [0.5, 0.6) is 0 Å². The molecule has 1 aliphatic carbocycles. The van der Waals surface area contributed by atoms with Crippen molar-refractivity contribution in [2.24, 2.45) is 0 Å². The molecule has 0 aliphatic heterocycles. The number of anilines is 3. The standard InChI is InChI=1S/C65H46N2/c1-65(2)60-22-9-7-19-56(60)57-39-38-52(42-61(57)65)66(51-36-31-48(32-37-51)54-21-11-15-46-13-3-5-17-53(46)54)50-34-29-44(30-35-50)43-25-27-45(28-26-43)49-33-40-64-59(41-49)58-20-8-10-23-63(58)67(64)62-24-12-16-47-14-4-6-18-55(47)62/h3-42H,1-2H3. The predicted octanol–water partition coefficient (Wildman–Crippen LogP) is 17.9. The van der Waals surface area contributed by atoms with Crippen molar-refractivity contribution in [2.45, 2.75) is 19.3 Å². The summed E-state index contributed by atoms with van der Waals surface area (Å²) >= 11 is 0. The van der Waals surface area contributed by atoms with Gasteiger partial charge in [-0.05, 0) is 132 Å². The second-order valence-corrected chi connectivity index (χ2v) is 18.5. The lowest BCUT2D eigenvalue weighted by molar-refractivity contribution is 0.660. The zero-order chi connectivity index (χ0) is 44.6. The first-order valence-corrected chi connectivity index (χ1v) is 23.3. The fraction of sp³-hybridized carbons (Fsp3) is 0.0462. The van der Waals surface area contributed by atoms with Crippen LogP contribution in [0.2, 0.25) is 0 Å². The van der Waals surface area contributed by atoms with E-state index in [2.05, 4.69) is 266 Å². The van der Waals surface area contributed by atoms with Crippen molar-refractivity contribution < 1.29 is 0 Å². The van der Waals surface area contributed by atoms with Crippen LogP contribution in [0.15, 0.2) is 243 Å². The zero-order valence-electron chi connectivity index (χ0n) is 37.5. The summed E-state index contributed by atoms with van der Waals surface area (Å²) in [5.74, 6) is 0. The van der Waals surface area contributed by atoms with Crippen LogP contribution in [0.4, 0.5) is 17.1 Å². The first-order valence-electron chi connectivity index (χ1n) is 23.3. The monoisotopic (exact) mass is 854 g/mol. The van der Waals surface area contributed by atoms with Gasteiger partial charge in [0, 0.05) is 38.6 Å². The van der Waals surface area contributed by atoms with Crippen LogP contribution in [-0.4, -0.2) is 4.57 Å². The molecule has 13 rings (SSSR count). The van der Waals surface area contributed by atoms with Gasteiger partial charge in [0.2, 0.25) is 0 Å². The van der Waals surface area contributed by atoms with Crippen molar-refractivity contribution in [1.82, 2.24) is 4.57 Å². The predicted molar refractivity (Wildman–Crippen MR) is 284 cm³/mol. The fourth-order valence-corrected chi connectivity index (χ4v) is 11.0. The summed E-state index contributed by atoms with van der Waals surface area (Å²) in [6.45, 7) is 4.71. The van der Waals surface area contributed by atoms with Gasteiger partial charge in [-0.25, -0.2) is 0 Å². The van der Waals surface area contributed by atoms with Crippen LogP contribution in [0.1, 0.15) is 25.0 Å². The zero-order valence-corrected chi connectivity index (χ0v) is 37.5.